The lowest BCUT2D eigenvalue weighted by Gasteiger charge is -2.06. The first-order valence-corrected chi connectivity index (χ1v) is 5.81. The van der Waals surface area contributed by atoms with Crippen molar-refractivity contribution in [3.63, 3.8) is 0 Å². The number of nitrogens with zero attached hydrogens (tertiary/aromatic N) is 1. The Morgan fingerprint density at radius 2 is 2.64 bits per heavy atom. The van der Waals surface area contributed by atoms with Crippen LogP contribution in [0.2, 0.25) is 0 Å². The second kappa shape index (κ2) is 4.19. The molecular weight excluding hydrogens is 196 g/mol. The minimum atomic E-state index is 0.0826. The monoisotopic (exact) mass is 210 g/mol. The number of hydrogen-bond acceptors (Lipinski definition) is 4. The lowest BCUT2D eigenvalue weighted by Crippen LogP contribution is -2.31. The van der Waals surface area contributed by atoms with E-state index >= 15 is 0 Å². The van der Waals surface area contributed by atoms with Crippen molar-refractivity contribution in [3.8, 4) is 0 Å². The van der Waals surface area contributed by atoms with Gasteiger partial charge in [0.1, 0.15) is 5.01 Å². The van der Waals surface area contributed by atoms with Crippen LogP contribution in [0, 0.1) is 6.92 Å². The first-order chi connectivity index (χ1) is 6.75. The molecule has 4 heteroatoms. The van der Waals surface area contributed by atoms with E-state index in [1.165, 1.54) is 0 Å². The molecule has 0 aliphatic carbocycles. The molecule has 1 aliphatic heterocycles. The molecule has 3 nitrogen and oxygen atoms in total. The lowest BCUT2D eigenvalue weighted by molar-refractivity contribution is -0.120. The van der Waals surface area contributed by atoms with Gasteiger partial charge in [-0.15, -0.1) is 11.3 Å². The molecule has 1 atom stereocenters. The zero-order valence-electron chi connectivity index (χ0n) is 8.25. The molecule has 0 radical (unpaired) electrons. The highest BCUT2D eigenvalue weighted by Gasteiger charge is 2.22. The van der Waals surface area contributed by atoms with Crippen LogP contribution in [0.1, 0.15) is 23.5 Å². The van der Waals surface area contributed by atoms with E-state index in [-0.39, 0.29) is 11.8 Å². The molecule has 1 fully saturated rings. The molecule has 76 valence electrons. The maximum Gasteiger partial charge on any atom is 0.156 e. The van der Waals surface area contributed by atoms with Gasteiger partial charge in [0.25, 0.3) is 0 Å². The normalized spacial score (nSPS) is 21.4. The fourth-order valence-corrected chi connectivity index (χ4v) is 2.50. The summed E-state index contributed by atoms with van der Waals surface area (Å²) in [6.07, 6.45) is 2.60. The van der Waals surface area contributed by atoms with Crippen molar-refractivity contribution < 1.29 is 4.79 Å². The van der Waals surface area contributed by atoms with E-state index < -0.39 is 0 Å². The number of rotatable bonds is 3. The fourth-order valence-electron chi connectivity index (χ4n) is 1.72. The van der Waals surface area contributed by atoms with Gasteiger partial charge in [-0.3, -0.25) is 4.79 Å². The molecule has 2 heterocycles. The van der Waals surface area contributed by atoms with Gasteiger partial charge in [-0.25, -0.2) is 4.98 Å². The number of hydrogen-bond donors (Lipinski definition) is 1. The molecular formula is C10H14N2OS. The van der Waals surface area contributed by atoms with Crippen LogP contribution in [0.3, 0.4) is 0 Å². The molecule has 14 heavy (non-hydrogen) atoms. The van der Waals surface area contributed by atoms with Gasteiger partial charge in [0, 0.05) is 11.1 Å². The maximum atomic E-state index is 11.7. The van der Waals surface area contributed by atoms with Gasteiger partial charge >= 0.3 is 0 Å². The Morgan fingerprint density at radius 1 is 1.79 bits per heavy atom. The summed E-state index contributed by atoms with van der Waals surface area (Å²) < 4.78 is 0. The van der Waals surface area contributed by atoms with Crippen LogP contribution in [0.5, 0.6) is 0 Å². The highest BCUT2D eigenvalue weighted by Crippen LogP contribution is 2.13. The Hall–Kier alpha value is -0.740. The molecule has 2 rings (SSSR count). The molecule has 0 saturated carbocycles. The summed E-state index contributed by atoms with van der Waals surface area (Å²) >= 11 is 1.58. The van der Waals surface area contributed by atoms with Crippen molar-refractivity contribution in [2.75, 3.05) is 6.54 Å². The van der Waals surface area contributed by atoms with E-state index in [9.17, 15) is 4.79 Å². The number of carbonyl (C=O) groups is 1. The molecule has 1 aromatic rings. The van der Waals surface area contributed by atoms with Crippen LogP contribution in [-0.2, 0) is 11.2 Å². The molecule has 1 aromatic heterocycles. The van der Waals surface area contributed by atoms with Crippen LogP contribution in [-0.4, -0.2) is 23.4 Å². The summed E-state index contributed by atoms with van der Waals surface area (Å²) in [6, 6.07) is 0.0826. The number of carbonyl (C=O) groups excluding carboxylic acids is 1. The zero-order valence-corrected chi connectivity index (χ0v) is 9.06. The second-order valence-electron chi connectivity index (χ2n) is 3.67. The Kier molecular flexibility index (Phi) is 2.93. The Morgan fingerprint density at radius 3 is 3.21 bits per heavy atom. The molecule has 1 N–H and O–H groups in total. The third-order valence-electron chi connectivity index (χ3n) is 2.44. The van der Waals surface area contributed by atoms with E-state index in [1.807, 2.05) is 12.3 Å². The number of Topliss-reactive ketones (excluding diaryl/α,β-unsaturated/α-hetero) is 1. The van der Waals surface area contributed by atoms with Gasteiger partial charge < -0.3 is 5.32 Å². The summed E-state index contributed by atoms with van der Waals surface area (Å²) in [5.74, 6) is 0.289. The maximum absolute atomic E-state index is 11.7. The zero-order chi connectivity index (χ0) is 9.97. The smallest absolute Gasteiger partial charge is 0.156 e. The van der Waals surface area contributed by atoms with E-state index in [2.05, 4.69) is 10.3 Å². The van der Waals surface area contributed by atoms with Crippen LogP contribution < -0.4 is 5.32 Å². The predicted molar refractivity (Wildman–Crippen MR) is 56.6 cm³/mol. The van der Waals surface area contributed by atoms with Crippen molar-refractivity contribution in [1.82, 2.24) is 10.3 Å². The molecule has 0 aromatic carbocycles. The molecule has 1 aliphatic rings. The van der Waals surface area contributed by atoms with Gasteiger partial charge in [-0.1, -0.05) is 0 Å². The first-order valence-electron chi connectivity index (χ1n) is 4.93. The molecule has 1 unspecified atom stereocenters. The summed E-state index contributed by atoms with van der Waals surface area (Å²) in [4.78, 5) is 16.0. The van der Waals surface area contributed by atoms with Crippen molar-refractivity contribution in [2.24, 2.45) is 0 Å². The third kappa shape index (κ3) is 2.19. The van der Waals surface area contributed by atoms with E-state index in [1.54, 1.807) is 11.3 Å². The Labute approximate surface area is 87.6 Å². The molecule has 0 amide bonds. The summed E-state index contributed by atoms with van der Waals surface area (Å²) in [6.45, 7) is 2.94. The van der Waals surface area contributed by atoms with Gasteiger partial charge in [0.2, 0.25) is 0 Å². The quantitative estimate of drug-likeness (QED) is 0.818. The van der Waals surface area contributed by atoms with Crippen molar-refractivity contribution in [2.45, 2.75) is 32.2 Å². The van der Waals surface area contributed by atoms with Gasteiger partial charge in [-0.05, 0) is 26.3 Å². The molecule has 1 saturated heterocycles. The van der Waals surface area contributed by atoms with Crippen LogP contribution in [0.25, 0.3) is 0 Å². The number of aromatic nitrogens is 1. The standard InChI is InChI=1S/C10H14N2OS/c1-7-6-14-10(12-7)5-9(13)8-3-2-4-11-8/h6,8,11H,2-5H2,1H3. The predicted octanol–water partition coefficient (Wildman–Crippen LogP) is 1.32. The third-order valence-corrected chi connectivity index (χ3v) is 3.41. The second-order valence-corrected chi connectivity index (χ2v) is 4.62. The first kappa shape index (κ1) is 9.80. The van der Waals surface area contributed by atoms with Crippen LogP contribution in [0.4, 0.5) is 0 Å². The minimum Gasteiger partial charge on any atom is -0.307 e. The molecule has 0 spiro atoms. The minimum absolute atomic E-state index is 0.0826. The van der Waals surface area contributed by atoms with Crippen molar-refractivity contribution in [3.05, 3.63) is 16.1 Å². The van der Waals surface area contributed by atoms with Gasteiger partial charge in [0.05, 0.1) is 12.5 Å². The largest absolute Gasteiger partial charge is 0.307 e. The lowest BCUT2D eigenvalue weighted by atomic mass is 10.1. The van der Waals surface area contributed by atoms with Crippen LogP contribution in [0.15, 0.2) is 5.38 Å². The van der Waals surface area contributed by atoms with Gasteiger partial charge in [-0.2, -0.15) is 0 Å². The SMILES string of the molecule is Cc1csc(CC(=O)C2CCCN2)n1. The van der Waals surface area contributed by atoms with E-state index in [4.69, 9.17) is 0 Å². The summed E-state index contributed by atoms with van der Waals surface area (Å²) in [5.41, 5.74) is 1.01. The topological polar surface area (TPSA) is 42.0 Å². The molecule has 0 bridgehead atoms. The summed E-state index contributed by atoms with van der Waals surface area (Å²) in [5, 5.41) is 6.15. The van der Waals surface area contributed by atoms with Gasteiger partial charge in [0.15, 0.2) is 5.78 Å². The number of ketones is 1. The van der Waals surface area contributed by atoms with E-state index in [0.717, 1.165) is 30.1 Å². The number of thiazole rings is 1. The van der Waals surface area contributed by atoms with E-state index in [0.29, 0.717) is 6.42 Å². The average Bonchev–Trinajstić information content (AvgIpc) is 2.75. The highest BCUT2D eigenvalue weighted by molar-refractivity contribution is 7.09. The number of nitrogens with one attached hydrogen (secondary N) is 1. The average molecular weight is 210 g/mol. The Bertz CT molecular complexity index is 329. The highest BCUT2D eigenvalue weighted by atomic mass is 32.1. The summed E-state index contributed by atoms with van der Waals surface area (Å²) in [7, 11) is 0. The van der Waals surface area contributed by atoms with Crippen molar-refractivity contribution in [1.29, 1.82) is 0 Å². The Balaban J connectivity index is 1.93. The van der Waals surface area contributed by atoms with Crippen molar-refractivity contribution >= 4 is 17.1 Å². The number of aryl methyl sites for hydroxylation is 1. The van der Waals surface area contributed by atoms with Crippen LogP contribution >= 0.6 is 11.3 Å². The fraction of sp³-hybridized carbons (Fsp3) is 0.600.